The lowest BCUT2D eigenvalue weighted by molar-refractivity contribution is 0.445. The van der Waals surface area contributed by atoms with Crippen molar-refractivity contribution >= 4 is 5.96 Å². The predicted molar refractivity (Wildman–Crippen MR) is 80.5 cm³/mol. The molecule has 0 fully saturated rings. The lowest BCUT2D eigenvalue weighted by Gasteiger charge is -2.25. The zero-order valence-electron chi connectivity index (χ0n) is 12.0. The van der Waals surface area contributed by atoms with Crippen LogP contribution >= 0.6 is 0 Å². The molecule has 1 aliphatic heterocycles. The van der Waals surface area contributed by atoms with Gasteiger partial charge in [0.1, 0.15) is 11.6 Å². The van der Waals surface area contributed by atoms with Crippen molar-refractivity contribution in [1.82, 2.24) is 10.2 Å². The van der Waals surface area contributed by atoms with Crippen molar-refractivity contribution in [2.45, 2.75) is 13.0 Å². The summed E-state index contributed by atoms with van der Waals surface area (Å²) in [5.41, 5.74) is 1.36. The summed E-state index contributed by atoms with van der Waals surface area (Å²) >= 11 is 0. The molecule has 0 amide bonds. The molecule has 0 radical (unpaired) electrons. The topological polar surface area (TPSA) is 40.8 Å². The first-order valence-corrected chi connectivity index (χ1v) is 7.06. The summed E-state index contributed by atoms with van der Waals surface area (Å²) in [6.07, 6.45) is 2.65. The molecule has 4 nitrogen and oxygen atoms in total. The van der Waals surface area contributed by atoms with Crippen LogP contribution in [0.5, 0.6) is 0 Å². The monoisotopic (exact) mass is 287 g/mol. The molecular formula is C16H18FN3O. The Hall–Kier alpha value is -2.30. The van der Waals surface area contributed by atoms with E-state index in [1.165, 1.54) is 6.07 Å². The van der Waals surface area contributed by atoms with Crippen LogP contribution in [0.3, 0.4) is 0 Å². The molecule has 0 unspecified atom stereocenters. The molecule has 1 aromatic carbocycles. The molecule has 2 aromatic rings. The molecule has 0 spiro atoms. The van der Waals surface area contributed by atoms with Gasteiger partial charge < -0.3 is 14.6 Å². The number of benzene rings is 1. The number of guanidine groups is 1. The maximum atomic E-state index is 14.2. The van der Waals surface area contributed by atoms with Crippen molar-refractivity contribution < 1.29 is 8.81 Å². The first kappa shape index (κ1) is 13.7. The molecular weight excluding hydrogens is 269 g/mol. The van der Waals surface area contributed by atoms with Gasteiger partial charge in [-0.2, -0.15) is 0 Å². The van der Waals surface area contributed by atoms with E-state index in [9.17, 15) is 4.39 Å². The van der Waals surface area contributed by atoms with Gasteiger partial charge in [0, 0.05) is 37.8 Å². The van der Waals surface area contributed by atoms with E-state index in [1.807, 2.05) is 19.2 Å². The van der Waals surface area contributed by atoms with Crippen LogP contribution in [0.1, 0.15) is 12.0 Å². The number of furan rings is 1. The van der Waals surface area contributed by atoms with Gasteiger partial charge >= 0.3 is 0 Å². The van der Waals surface area contributed by atoms with E-state index in [1.54, 1.807) is 18.4 Å². The zero-order chi connectivity index (χ0) is 14.7. The Labute approximate surface area is 123 Å². The van der Waals surface area contributed by atoms with Gasteiger partial charge in [-0.1, -0.05) is 12.1 Å². The molecule has 0 saturated carbocycles. The minimum atomic E-state index is -0.240. The van der Waals surface area contributed by atoms with Crippen molar-refractivity contribution in [1.29, 1.82) is 0 Å². The molecule has 21 heavy (non-hydrogen) atoms. The lowest BCUT2D eigenvalue weighted by Crippen LogP contribution is -2.41. The van der Waals surface area contributed by atoms with E-state index >= 15 is 0 Å². The van der Waals surface area contributed by atoms with Crippen LogP contribution in [0.2, 0.25) is 0 Å². The molecule has 5 heteroatoms. The highest BCUT2D eigenvalue weighted by Crippen LogP contribution is 2.22. The summed E-state index contributed by atoms with van der Waals surface area (Å²) in [6.45, 7) is 2.23. The second-order valence-corrected chi connectivity index (χ2v) is 5.12. The van der Waals surface area contributed by atoms with Crippen molar-refractivity contribution in [2.75, 3.05) is 20.1 Å². The van der Waals surface area contributed by atoms with Crippen LogP contribution in [0.15, 0.2) is 46.0 Å². The molecule has 1 aromatic heterocycles. The third-order valence-electron chi connectivity index (χ3n) is 3.57. The fourth-order valence-electron chi connectivity index (χ4n) is 2.37. The van der Waals surface area contributed by atoms with E-state index in [0.29, 0.717) is 17.9 Å². The third kappa shape index (κ3) is 3.07. The van der Waals surface area contributed by atoms with Gasteiger partial charge in [0.05, 0.1) is 6.26 Å². The summed E-state index contributed by atoms with van der Waals surface area (Å²) in [5, 5.41) is 3.20. The summed E-state index contributed by atoms with van der Waals surface area (Å²) in [6, 6.07) is 8.76. The fraction of sp³-hybridized carbons (Fsp3) is 0.312. The van der Waals surface area contributed by atoms with E-state index < -0.39 is 0 Å². The van der Waals surface area contributed by atoms with Gasteiger partial charge in [0.2, 0.25) is 0 Å². The Kier molecular flexibility index (Phi) is 3.90. The standard InChI is InChI=1S/C16H18FN3O/c1-20-8-3-7-18-16(20)19-11-13-6-5-12(10-14(13)17)15-4-2-9-21-15/h2,4-6,9-10H,3,7-8,11H2,1H3,(H,18,19). The van der Waals surface area contributed by atoms with Gasteiger partial charge in [-0.15, -0.1) is 0 Å². The maximum Gasteiger partial charge on any atom is 0.193 e. The van der Waals surface area contributed by atoms with E-state index in [2.05, 4.69) is 15.2 Å². The number of rotatable bonds is 3. The largest absolute Gasteiger partial charge is 0.464 e. The number of hydrogen-bond donors (Lipinski definition) is 1. The van der Waals surface area contributed by atoms with E-state index in [-0.39, 0.29) is 5.82 Å². The van der Waals surface area contributed by atoms with Crippen molar-refractivity contribution in [2.24, 2.45) is 4.99 Å². The number of nitrogens with zero attached hydrogens (tertiary/aromatic N) is 2. The zero-order valence-corrected chi connectivity index (χ0v) is 12.0. The Balaban J connectivity index is 1.70. The molecule has 3 rings (SSSR count). The quantitative estimate of drug-likeness (QED) is 0.943. The molecule has 110 valence electrons. The Bertz CT molecular complexity index is 637. The SMILES string of the molecule is CN1CCCN=C1NCc1ccc(-c2ccco2)cc1F. The lowest BCUT2D eigenvalue weighted by atomic mass is 10.1. The smallest absolute Gasteiger partial charge is 0.193 e. The molecule has 0 bridgehead atoms. The molecule has 0 atom stereocenters. The van der Waals surface area contributed by atoms with Gasteiger partial charge in [-0.05, 0) is 24.6 Å². The average Bonchev–Trinajstić information content (AvgIpc) is 3.02. The van der Waals surface area contributed by atoms with Crippen LogP contribution < -0.4 is 5.32 Å². The van der Waals surface area contributed by atoms with E-state index in [4.69, 9.17) is 4.42 Å². The molecule has 0 aliphatic carbocycles. The highest BCUT2D eigenvalue weighted by atomic mass is 19.1. The Morgan fingerprint density at radius 2 is 2.29 bits per heavy atom. The van der Waals surface area contributed by atoms with Crippen molar-refractivity contribution in [3.8, 4) is 11.3 Å². The highest BCUT2D eigenvalue weighted by Gasteiger charge is 2.12. The molecule has 1 aliphatic rings. The normalized spacial score (nSPS) is 15.0. The second kappa shape index (κ2) is 5.99. The Morgan fingerprint density at radius 1 is 1.38 bits per heavy atom. The first-order chi connectivity index (χ1) is 10.2. The summed E-state index contributed by atoms with van der Waals surface area (Å²) in [5.74, 6) is 1.26. The average molecular weight is 287 g/mol. The maximum absolute atomic E-state index is 14.2. The van der Waals surface area contributed by atoms with Crippen LogP contribution in [-0.2, 0) is 6.54 Å². The summed E-state index contributed by atoms with van der Waals surface area (Å²) in [4.78, 5) is 6.46. The van der Waals surface area contributed by atoms with Gasteiger partial charge in [-0.3, -0.25) is 4.99 Å². The van der Waals surface area contributed by atoms with Crippen LogP contribution in [0.4, 0.5) is 4.39 Å². The van der Waals surface area contributed by atoms with Crippen LogP contribution in [0, 0.1) is 5.82 Å². The number of halogens is 1. The molecule has 0 saturated heterocycles. The van der Waals surface area contributed by atoms with Crippen molar-refractivity contribution in [3.05, 3.63) is 48.0 Å². The first-order valence-electron chi connectivity index (χ1n) is 7.06. The minimum absolute atomic E-state index is 0.240. The number of nitrogens with one attached hydrogen (secondary N) is 1. The Morgan fingerprint density at radius 3 is 3.00 bits per heavy atom. The third-order valence-corrected chi connectivity index (χ3v) is 3.57. The number of hydrogen-bond acceptors (Lipinski definition) is 4. The molecule has 2 heterocycles. The fourth-order valence-corrected chi connectivity index (χ4v) is 2.37. The van der Waals surface area contributed by atoms with Gasteiger partial charge in [-0.25, -0.2) is 4.39 Å². The molecule has 1 N–H and O–H groups in total. The number of aliphatic imine (C=N–C) groups is 1. The summed E-state index contributed by atoms with van der Waals surface area (Å²) < 4.78 is 19.4. The minimum Gasteiger partial charge on any atom is -0.464 e. The second-order valence-electron chi connectivity index (χ2n) is 5.12. The van der Waals surface area contributed by atoms with Crippen molar-refractivity contribution in [3.63, 3.8) is 0 Å². The van der Waals surface area contributed by atoms with Gasteiger partial charge in [0.15, 0.2) is 5.96 Å². The van der Waals surface area contributed by atoms with E-state index in [0.717, 1.165) is 31.0 Å². The van der Waals surface area contributed by atoms with Crippen LogP contribution in [0.25, 0.3) is 11.3 Å². The predicted octanol–water partition coefficient (Wildman–Crippen LogP) is 2.87. The highest BCUT2D eigenvalue weighted by molar-refractivity contribution is 5.80. The summed E-state index contributed by atoms with van der Waals surface area (Å²) in [7, 11) is 1.99. The van der Waals surface area contributed by atoms with Gasteiger partial charge in [0.25, 0.3) is 0 Å². The van der Waals surface area contributed by atoms with Crippen LogP contribution in [-0.4, -0.2) is 31.0 Å².